The molecule has 1 nitrogen and oxygen atoms in total. The summed E-state index contributed by atoms with van der Waals surface area (Å²) in [6, 6.07) is 0. The first-order chi connectivity index (χ1) is 3.18. The molecule has 0 atom stereocenters. The maximum atomic E-state index is 11.3. The second-order valence-electron chi connectivity index (χ2n) is 1.17. The molecule has 0 aliphatic carbocycles. The minimum atomic E-state index is -2.38. The first kappa shape index (κ1) is 6.53. The molecule has 0 aromatic rings. The van der Waals surface area contributed by atoms with Crippen molar-refractivity contribution in [1.29, 1.82) is 0 Å². The van der Waals surface area contributed by atoms with E-state index in [1.807, 2.05) is 0 Å². The molecule has 3 heteroatoms. The lowest BCUT2D eigenvalue weighted by molar-refractivity contribution is 0.225. The molecule has 0 amide bonds. The van der Waals surface area contributed by atoms with Crippen LogP contribution < -0.4 is 0 Å². The van der Waals surface area contributed by atoms with Gasteiger partial charge in [-0.1, -0.05) is 0 Å². The summed E-state index contributed by atoms with van der Waals surface area (Å²) in [6.45, 7) is 1.30. The monoisotopic (exact) mass is 107 g/mol. The molecule has 0 saturated heterocycles. The summed E-state index contributed by atoms with van der Waals surface area (Å²) in [7, 11) is 1.35. The van der Waals surface area contributed by atoms with Crippen LogP contribution in [-0.4, -0.2) is 19.2 Å². The molecular formula is C4H7F2N. The second kappa shape index (κ2) is 2.66. The largest absolute Gasteiger partial charge is 0.292 e. The zero-order chi connectivity index (χ0) is 5.86. The van der Waals surface area contributed by atoms with Crippen molar-refractivity contribution in [1.82, 2.24) is 0 Å². The molecule has 0 aliphatic heterocycles. The highest BCUT2D eigenvalue weighted by Crippen LogP contribution is 1.93. The highest BCUT2D eigenvalue weighted by atomic mass is 19.3. The van der Waals surface area contributed by atoms with Crippen LogP contribution in [0.3, 0.4) is 0 Å². The number of aliphatic imine (C=N–C) groups is 1. The van der Waals surface area contributed by atoms with E-state index in [-0.39, 0.29) is 5.71 Å². The molecule has 0 fully saturated rings. The zero-order valence-electron chi connectivity index (χ0n) is 4.28. The van der Waals surface area contributed by atoms with Crippen LogP contribution >= 0.6 is 0 Å². The smallest absolute Gasteiger partial charge is 0.275 e. The Labute approximate surface area is 41.1 Å². The summed E-state index contributed by atoms with van der Waals surface area (Å²) in [5, 5.41) is 0. The minimum Gasteiger partial charge on any atom is -0.292 e. The van der Waals surface area contributed by atoms with Gasteiger partial charge in [-0.15, -0.1) is 0 Å². The quantitative estimate of drug-likeness (QED) is 0.448. The maximum absolute atomic E-state index is 11.3. The number of hydrogen-bond acceptors (Lipinski definition) is 1. The van der Waals surface area contributed by atoms with E-state index in [1.165, 1.54) is 14.0 Å². The van der Waals surface area contributed by atoms with E-state index < -0.39 is 6.43 Å². The molecule has 0 heterocycles. The molecule has 42 valence electrons. The molecule has 0 rings (SSSR count). The van der Waals surface area contributed by atoms with Gasteiger partial charge in [0.15, 0.2) is 0 Å². The number of alkyl halides is 2. The van der Waals surface area contributed by atoms with Gasteiger partial charge in [0.2, 0.25) is 0 Å². The summed E-state index contributed by atoms with van der Waals surface area (Å²) in [4.78, 5) is 3.25. The Balaban J connectivity index is 3.56. The van der Waals surface area contributed by atoms with Crippen LogP contribution in [0.2, 0.25) is 0 Å². The number of halogens is 2. The van der Waals surface area contributed by atoms with Gasteiger partial charge >= 0.3 is 0 Å². The Kier molecular flexibility index (Phi) is 2.48. The Morgan fingerprint density at radius 2 is 2.00 bits per heavy atom. The van der Waals surface area contributed by atoms with Gasteiger partial charge in [-0.2, -0.15) is 0 Å². The summed E-state index contributed by atoms with van der Waals surface area (Å²) in [5.74, 6) is 0. The first-order valence-electron chi connectivity index (χ1n) is 1.90. The van der Waals surface area contributed by atoms with Crippen LogP contribution in [-0.2, 0) is 0 Å². The van der Waals surface area contributed by atoms with E-state index >= 15 is 0 Å². The Bertz CT molecular complexity index is 77.8. The third kappa shape index (κ3) is 2.25. The van der Waals surface area contributed by atoms with Crippen LogP contribution in [0.1, 0.15) is 6.92 Å². The Hall–Kier alpha value is -0.470. The van der Waals surface area contributed by atoms with Crippen LogP contribution in [0, 0.1) is 0 Å². The van der Waals surface area contributed by atoms with Crippen molar-refractivity contribution >= 4 is 5.71 Å². The Morgan fingerprint density at radius 3 is 2.00 bits per heavy atom. The van der Waals surface area contributed by atoms with E-state index in [0.29, 0.717) is 0 Å². The van der Waals surface area contributed by atoms with Crippen molar-refractivity contribution in [3.05, 3.63) is 0 Å². The van der Waals surface area contributed by atoms with Crippen molar-refractivity contribution in [2.45, 2.75) is 13.3 Å². The minimum absolute atomic E-state index is 0.111. The van der Waals surface area contributed by atoms with Crippen molar-refractivity contribution in [3.63, 3.8) is 0 Å². The van der Waals surface area contributed by atoms with E-state index in [1.54, 1.807) is 0 Å². The fourth-order valence-corrected chi connectivity index (χ4v) is 0.0976. The fourth-order valence-electron chi connectivity index (χ4n) is 0.0976. The lowest BCUT2D eigenvalue weighted by Crippen LogP contribution is -2.03. The molecule has 0 saturated carbocycles. The summed E-state index contributed by atoms with van der Waals surface area (Å²) >= 11 is 0. The number of hydrogen-bond donors (Lipinski definition) is 0. The molecule has 0 aliphatic rings. The zero-order valence-corrected chi connectivity index (χ0v) is 4.28. The highest BCUT2D eigenvalue weighted by Gasteiger charge is 2.02. The van der Waals surface area contributed by atoms with Crippen LogP contribution in [0.15, 0.2) is 4.99 Å². The van der Waals surface area contributed by atoms with Gasteiger partial charge in [0.05, 0.1) is 5.71 Å². The van der Waals surface area contributed by atoms with Gasteiger partial charge in [0.1, 0.15) is 0 Å². The molecular weight excluding hydrogens is 100 g/mol. The molecule has 7 heavy (non-hydrogen) atoms. The maximum Gasteiger partial charge on any atom is 0.275 e. The number of rotatable bonds is 1. The molecule has 0 aromatic heterocycles. The van der Waals surface area contributed by atoms with Crippen molar-refractivity contribution < 1.29 is 8.78 Å². The normalized spacial score (nSPS) is 13.0. The summed E-state index contributed by atoms with van der Waals surface area (Å²) < 4.78 is 22.6. The standard InChI is InChI=1S/C4H7F2N/c1-3(7-2)4(5)6/h4H,1-2H3/b7-3+. The molecule has 0 unspecified atom stereocenters. The van der Waals surface area contributed by atoms with Crippen LogP contribution in [0.4, 0.5) is 8.78 Å². The summed E-state index contributed by atoms with van der Waals surface area (Å²) in [6.07, 6.45) is -2.38. The fraction of sp³-hybridized carbons (Fsp3) is 0.750. The van der Waals surface area contributed by atoms with Gasteiger partial charge in [-0.25, -0.2) is 8.78 Å². The first-order valence-corrected chi connectivity index (χ1v) is 1.90. The number of nitrogens with zero attached hydrogens (tertiary/aromatic N) is 1. The van der Waals surface area contributed by atoms with E-state index in [2.05, 4.69) is 4.99 Å². The molecule has 0 spiro atoms. The van der Waals surface area contributed by atoms with Crippen LogP contribution in [0.25, 0.3) is 0 Å². The third-order valence-corrected chi connectivity index (χ3v) is 0.669. The van der Waals surface area contributed by atoms with Gasteiger partial charge in [-0.3, -0.25) is 4.99 Å². The lowest BCUT2D eigenvalue weighted by atomic mass is 10.4. The van der Waals surface area contributed by atoms with Gasteiger partial charge in [0, 0.05) is 7.05 Å². The van der Waals surface area contributed by atoms with E-state index in [0.717, 1.165) is 0 Å². The van der Waals surface area contributed by atoms with E-state index in [9.17, 15) is 8.78 Å². The third-order valence-electron chi connectivity index (χ3n) is 0.669. The summed E-state index contributed by atoms with van der Waals surface area (Å²) in [5.41, 5.74) is -0.111. The average Bonchev–Trinajstić information content (AvgIpc) is 1.65. The highest BCUT2D eigenvalue weighted by molar-refractivity contribution is 5.84. The molecule has 0 aromatic carbocycles. The van der Waals surface area contributed by atoms with Crippen molar-refractivity contribution in [2.24, 2.45) is 4.99 Å². The molecule has 0 N–H and O–H groups in total. The van der Waals surface area contributed by atoms with Gasteiger partial charge in [0.25, 0.3) is 6.43 Å². The SMILES string of the molecule is C/N=C(\C)C(F)F. The molecule has 0 bridgehead atoms. The predicted octanol–water partition coefficient (Wildman–Crippen LogP) is 1.34. The van der Waals surface area contributed by atoms with Gasteiger partial charge in [-0.05, 0) is 6.92 Å². The molecule has 0 radical (unpaired) electrons. The second-order valence-corrected chi connectivity index (χ2v) is 1.17. The van der Waals surface area contributed by atoms with Gasteiger partial charge < -0.3 is 0 Å². The Morgan fingerprint density at radius 1 is 1.57 bits per heavy atom. The average molecular weight is 107 g/mol. The van der Waals surface area contributed by atoms with Crippen molar-refractivity contribution in [2.75, 3.05) is 7.05 Å². The topological polar surface area (TPSA) is 12.4 Å². The van der Waals surface area contributed by atoms with Crippen LogP contribution in [0.5, 0.6) is 0 Å². The lowest BCUT2D eigenvalue weighted by Gasteiger charge is -1.90. The van der Waals surface area contributed by atoms with E-state index in [4.69, 9.17) is 0 Å². The van der Waals surface area contributed by atoms with Crippen molar-refractivity contribution in [3.8, 4) is 0 Å². The predicted molar refractivity (Wildman–Crippen MR) is 25.0 cm³/mol.